The van der Waals surface area contributed by atoms with Gasteiger partial charge in [-0.05, 0) is 38.5 Å². The van der Waals surface area contributed by atoms with Gasteiger partial charge in [-0.2, -0.15) is 0 Å². The molecule has 1 aromatic carbocycles. The molecule has 0 radical (unpaired) electrons. The second-order valence-corrected chi connectivity index (χ2v) is 4.13. The molecule has 0 aliphatic rings. The molecular weight excluding hydrogens is 220 g/mol. The van der Waals surface area contributed by atoms with Crippen molar-refractivity contribution >= 4 is 5.97 Å². The minimum atomic E-state index is -1.02. The van der Waals surface area contributed by atoms with Crippen LogP contribution in [0.2, 0.25) is 0 Å². The molecule has 1 rings (SSSR count). The maximum Gasteiger partial charge on any atom is 0.349 e. The lowest BCUT2D eigenvalue weighted by atomic mass is 10.1. The number of aliphatic hydroxyl groups excluding tert-OH is 1. The molecule has 0 amide bonds. The number of carbonyl (C=O) groups excluding carboxylic acids is 1. The molecule has 0 fully saturated rings. The molecule has 0 saturated heterocycles. The summed E-state index contributed by atoms with van der Waals surface area (Å²) in [5, 5.41) is 8.90. The lowest BCUT2D eigenvalue weighted by molar-refractivity contribution is -0.158. The Morgan fingerprint density at radius 3 is 2.35 bits per heavy atom. The number of rotatable bonds is 5. The first kappa shape index (κ1) is 13.5. The number of hydrogen-bond acceptors (Lipinski definition) is 4. The maximum absolute atomic E-state index is 11.6. The Hall–Kier alpha value is -1.55. The zero-order valence-electron chi connectivity index (χ0n) is 10.4. The SMILES string of the molecule is CCOC(=O)C(C)(C)Oc1ccc(CO)cc1. The fraction of sp³-hybridized carbons (Fsp3) is 0.462. The Kier molecular flexibility index (Phi) is 4.52. The Bertz CT molecular complexity index is 368. The van der Waals surface area contributed by atoms with Crippen molar-refractivity contribution in [3.8, 4) is 5.75 Å². The third kappa shape index (κ3) is 3.75. The molecule has 0 atom stereocenters. The summed E-state index contributed by atoms with van der Waals surface area (Å²) in [5.74, 6) is 0.173. The highest BCUT2D eigenvalue weighted by atomic mass is 16.6. The van der Waals surface area contributed by atoms with Crippen molar-refractivity contribution in [2.75, 3.05) is 6.61 Å². The van der Waals surface area contributed by atoms with Crippen LogP contribution in [0, 0.1) is 0 Å². The van der Waals surface area contributed by atoms with Crippen molar-refractivity contribution < 1.29 is 19.4 Å². The molecule has 1 aromatic rings. The number of aliphatic hydroxyl groups is 1. The first-order valence-electron chi connectivity index (χ1n) is 5.55. The van der Waals surface area contributed by atoms with Gasteiger partial charge in [0.05, 0.1) is 13.2 Å². The summed E-state index contributed by atoms with van der Waals surface area (Å²) in [5.41, 5.74) is -0.220. The van der Waals surface area contributed by atoms with E-state index in [2.05, 4.69) is 0 Å². The van der Waals surface area contributed by atoms with Gasteiger partial charge in [-0.15, -0.1) is 0 Å². The van der Waals surface area contributed by atoms with E-state index in [1.807, 2.05) is 0 Å². The van der Waals surface area contributed by atoms with Crippen molar-refractivity contribution in [3.05, 3.63) is 29.8 Å². The number of esters is 1. The van der Waals surface area contributed by atoms with Crippen LogP contribution in [0.4, 0.5) is 0 Å². The van der Waals surface area contributed by atoms with Gasteiger partial charge in [0, 0.05) is 0 Å². The van der Waals surface area contributed by atoms with Gasteiger partial charge in [0.25, 0.3) is 0 Å². The lowest BCUT2D eigenvalue weighted by Crippen LogP contribution is -2.39. The number of benzene rings is 1. The van der Waals surface area contributed by atoms with Crippen molar-refractivity contribution in [2.24, 2.45) is 0 Å². The first-order chi connectivity index (χ1) is 7.99. The van der Waals surface area contributed by atoms with E-state index in [1.54, 1.807) is 45.0 Å². The largest absolute Gasteiger partial charge is 0.476 e. The Morgan fingerprint density at radius 2 is 1.88 bits per heavy atom. The molecule has 0 unspecified atom stereocenters. The van der Waals surface area contributed by atoms with Crippen molar-refractivity contribution in [1.29, 1.82) is 0 Å². The van der Waals surface area contributed by atoms with Crippen molar-refractivity contribution in [3.63, 3.8) is 0 Å². The van der Waals surface area contributed by atoms with Crippen LogP contribution in [-0.2, 0) is 16.1 Å². The number of hydrogen-bond donors (Lipinski definition) is 1. The molecule has 1 N–H and O–H groups in total. The topological polar surface area (TPSA) is 55.8 Å². The predicted molar refractivity (Wildman–Crippen MR) is 63.7 cm³/mol. The molecule has 17 heavy (non-hydrogen) atoms. The van der Waals surface area contributed by atoms with E-state index in [0.29, 0.717) is 12.4 Å². The average molecular weight is 238 g/mol. The monoisotopic (exact) mass is 238 g/mol. The fourth-order valence-electron chi connectivity index (χ4n) is 1.30. The first-order valence-corrected chi connectivity index (χ1v) is 5.55. The summed E-state index contributed by atoms with van der Waals surface area (Å²) in [4.78, 5) is 11.6. The summed E-state index contributed by atoms with van der Waals surface area (Å²) in [6.07, 6.45) is 0. The standard InChI is InChI=1S/C13H18O4/c1-4-16-12(15)13(2,3)17-11-7-5-10(9-14)6-8-11/h5-8,14H,4,9H2,1-3H3. The van der Waals surface area contributed by atoms with Crippen LogP contribution in [0.3, 0.4) is 0 Å². The molecular formula is C13H18O4. The minimum absolute atomic E-state index is 0.0124. The Labute approximate surface area is 101 Å². The van der Waals surface area contributed by atoms with Crippen LogP contribution in [-0.4, -0.2) is 23.3 Å². The van der Waals surface area contributed by atoms with E-state index in [9.17, 15) is 4.79 Å². The second kappa shape index (κ2) is 5.68. The van der Waals surface area contributed by atoms with Crippen LogP contribution in [0.1, 0.15) is 26.3 Å². The van der Waals surface area contributed by atoms with E-state index in [1.165, 1.54) is 0 Å². The van der Waals surface area contributed by atoms with Crippen molar-refractivity contribution in [2.45, 2.75) is 33.0 Å². The number of carbonyl (C=O) groups is 1. The van der Waals surface area contributed by atoms with Gasteiger partial charge in [0.15, 0.2) is 5.60 Å². The van der Waals surface area contributed by atoms with Gasteiger partial charge in [0.1, 0.15) is 5.75 Å². The zero-order chi connectivity index (χ0) is 12.9. The summed E-state index contributed by atoms with van der Waals surface area (Å²) in [6.45, 7) is 5.39. The van der Waals surface area contributed by atoms with Gasteiger partial charge >= 0.3 is 5.97 Å². The zero-order valence-corrected chi connectivity index (χ0v) is 10.4. The van der Waals surface area contributed by atoms with Gasteiger partial charge in [-0.25, -0.2) is 4.79 Å². The number of ether oxygens (including phenoxy) is 2. The van der Waals surface area contributed by atoms with E-state index in [4.69, 9.17) is 14.6 Å². The van der Waals surface area contributed by atoms with E-state index >= 15 is 0 Å². The summed E-state index contributed by atoms with van der Waals surface area (Å²) in [7, 11) is 0. The molecule has 0 aromatic heterocycles. The average Bonchev–Trinajstić information content (AvgIpc) is 2.30. The molecule has 0 saturated carbocycles. The summed E-state index contributed by atoms with van der Waals surface area (Å²) >= 11 is 0. The Balaban J connectivity index is 2.71. The highest BCUT2D eigenvalue weighted by Crippen LogP contribution is 2.20. The van der Waals surface area contributed by atoms with E-state index < -0.39 is 11.6 Å². The smallest absolute Gasteiger partial charge is 0.349 e. The fourth-order valence-corrected chi connectivity index (χ4v) is 1.30. The molecule has 4 heteroatoms. The van der Waals surface area contributed by atoms with Crippen LogP contribution in [0.15, 0.2) is 24.3 Å². The van der Waals surface area contributed by atoms with E-state index in [0.717, 1.165) is 5.56 Å². The lowest BCUT2D eigenvalue weighted by Gasteiger charge is -2.24. The van der Waals surface area contributed by atoms with Crippen molar-refractivity contribution in [1.82, 2.24) is 0 Å². The molecule has 0 bridgehead atoms. The third-order valence-electron chi connectivity index (χ3n) is 2.25. The molecule has 94 valence electrons. The van der Waals surface area contributed by atoms with Gasteiger partial charge in [-0.1, -0.05) is 12.1 Å². The quantitative estimate of drug-likeness (QED) is 0.796. The highest BCUT2D eigenvalue weighted by molar-refractivity contribution is 5.79. The summed E-state index contributed by atoms with van der Waals surface area (Å²) < 4.78 is 10.5. The normalized spacial score (nSPS) is 11.1. The molecule has 0 spiro atoms. The van der Waals surface area contributed by atoms with Gasteiger partial charge in [-0.3, -0.25) is 0 Å². The third-order valence-corrected chi connectivity index (χ3v) is 2.25. The van der Waals surface area contributed by atoms with Gasteiger partial charge < -0.3 is 14.6 Å². The maximum atomic E-state index is 11.6. The highest BCUT2D eigenvalue weighted by Gasteiger charge is 2.31. The van der Waals surface area contributed by atoms with Crippen LogP contribution in [0.25, 0.3) is 0 Å². The summed E-state index contributed by atoms with van der Waals surface area (Å²) in [6, 6.07) is 6.92. The van der Waals surface area contributed by atoms with Gasteiger partial charge in [0.2, 0.25) is 0 Å². The minimum Gasteiger partial charge on any atom is -0.476 e. The molecule has 4 nitrogen and oxygen atoms in total. The molecule has 0 aliphatic carbocycles. The molecule has 0 aliphatic heterocycles. The van der Waals surface area contributed by atoms with E-state index in [-0.39, 0.29) is 6.61 Å². The van der Waals surface area contributed by atoms with Crippen LogP contribution >= 0.6 is 0 Å². The predicted octanol–water partition coefficient (Wildman–Crippen LogP) is 1.90. The second-order valence-electron chi connectivity index (χ2n) is 4.13. The Morgan fingerprint density at radius 1 is 1.29 bits per heavy atom. The van der Waals surface area contributed by atoms with Crippen LogP contribution in [0.5, 0.6) is 5.75 Å². The van der Waals surface area contributed by atoms with Crippen LogP contribution < -0.4 is 4.74 Å². The molecule has 0 heterocycles.